The van der Waals surface area contributed by atoms with Crippen molar-refractivity contribution in [3.63, 3.8) is 0 Å². The van der Waals surface area contributed by atoms with Gasteiger partial charge < -0.3 is 5.32 Å². The molecule has 1 aliphatic rings. The van der Waals surface area contributed by atoms with Crippen LogP contribution < -0.4 is 5.32 Å². The van der Waals surface area contributed by atoms with E-state index in [0.29, 0.717) is 0 Å². The summed E-state index contributed by atoms with van der Waals surface area (Å²) < 4.78 is 1.95. The van der Waals surface area contributed by atoms with Gasteiger partial charge in [0.25, 0.3) is 5.91 Å². The van der Waals surface area contributed by atoms with Crippen molar-refractivity contribution in [1.29, 1.82) is 0 Å². The lowest BCUT2D eigenvalue weighted by atomic mass is 10.1. The van der Waals surface area contributed by atoms with E-state index in [-0.39, 0.29) is 11.4 Å². The third kappa shape index (κ3) is 2.74. The van der Waals surface area contributed by atoms with Crippen LogP contribution in [0.4, 0.5) is 5.82 Å². The van der Waals surface area contributed by atoms with Crippen LogP contribution in [0.1, 0.15) is 47.3 Å². The second kappa shape index (κ2) is 5.18. The first kappa shape index (κ1) is 14.7. The fourth-order valence-electron chi connectivity index (χ4n) is 2.35. The highest BCUT2D eigenvalue weighted by molar-refractivity contribution is 7.98. The van der Waals surface area contributed by atoms with Crippen molar-refractivity contribution in [2.24, 2.45) is 0 Å². The molecule has 1 N–H and O–H groups in total. The standard InChI is InChI=1S/C15H19N3OS2/c1-9-5-12(21-6-9)14(19)16-13-10-7-20-8-11(10)17-18(13)15(2,3)4/h5-6H,7-8H2,1-4H3,(H,16,19). The maximum Gasteiger partial charge on any atom is 0.266 e. The van der Waals surface area contributed by atoms with Crippen LogP contribution in [0.3, 0.4) is 0 Å². The maximum atomic E-state index is 12.5. The van der Waals surface area contributed by atoms with Gasteiger partial charge in [0.1, 0.15) is 5.82 Å². The Bertz CT molecular complexity index is 694. The van der Waals surface area contributed by atoms with Crippen LogP contribution in [0.25, 0.3) is 0 Å². The zero-order chi connectivity index (χ0) is 15.2. The van der Waals surface area contributed by atoms with Crippen molar-refractivity contribution in [2.75, 3.05) is 5.32 Å². The van der Waals surface area contributed by atoms with E-state index in [1.807, 2.05) is 34.8 Å². The van der Waals surface area contributed by atoms with E-state index in [2.05, 4.69) is 26.1 Å². The van der Waals surface area contributed by atoms with Crippen molar-refractivity contribution in [3.8, 4) is 0 Å². The summed E-state index contributed by atoms with van der Waals surface area (Å²) in [6, 6.07) is 1.92. The minimum atomic E-state index is -0.150. The molecule has 0 radical (unpaired) electrons. The van der Waals surface area contributed by atoms with Crippen LogP contribution in [-0.2, 0) is 17.0 Å². The first-order valence-corrected chi connectivity index (χ1v) is 8.95. The molecule has 0 saturated heterocycles. The monoisotopic (exact) mass is 321 g/mol. The van der Waals surface area contributed by atoms with Crippen LogP contribution in [0.2, 0.25) is 0 Å². The molecule has 6 heteroatoms. The summed E-state index contributed by atoms with van der Waals surface area (Å²) in [4.78, 5) is 13.2. The molecule has 4 nitrogen and oxygen atoms in total. The molecule has 0 unspecified atom stereocenters. The summed E-state index contributed by atoms with van der Waals surface area (Å²) >= 11 is 3.32. The Labute approximate surface area is 132 Å². The van der Waals surface area contributed by atoms with Crippen molar-refractivity contribution < 1.29 is 4.79 Å². The molecule has 0 atom stereocenters. The number of carbonyl (C=O) groups excluding carboxylic acids is 1. The van der Waals surface area contributed by atoms with Crippen LogP contribution in [0, 0.1) is 6.92 Å². The third-order valence-corrected chi connectivity index (χ3v) is 5.39. The topological polar surface area (TPSA) is 46.9 Å². The van der Waals surface area contributed by atoms with Crippen LogP contribution >= 0.6 is 23.1 Å². The van der Waals surface area contributed by atoms with Gasteiger partial charge in [-0.15, -0.1) is 11.3 Å². The zero-order valence-electron chi connectivity index (χ0n) is 12.7. The molecule has 0 bridgehead atoms. The quantitative estimate of drug-likeness (QED) is 0.909. The molecular formula is C15H19N3OS2. The minimum absolute atomic E-state index is 0.0433. The van der Waals surface area contributed by atoms with Gasteiger partial charge in [-0.2, -0.15) is 16.9 Å². The third-order valence-electron chi connectivity index (χ3n) is 3.37. The van der Waals surface area contributed by atoms with Gasteiger partial charge in [-0.05, 0) is 44.7 Å². The Morgan fingerprint density at radius 2 is 2.14 bits per heavy atom. The molecule has 0 aromatic carbocycles. The van der Waals surface area contributed by atoms with E-state index in [0.717, 1.165) is 33.5 Å². The molecule has 0 aliphatic carbocycles. The highest BCUT2D eigenvalue weighted by Gasteiger charge is 2.29. The fraction of sp³-hybridized carbons (Fsp3) is 0.467. The van der Waals surface area contributed by atoms with Gasteiger partial charge in [0.15, 0.2) is 0 Å². The lowest BCUT2D eigenvalue weighted by molar-refractivity contribution is 0.102. The number of thioether (sulfide) groups is 1. The summed E-state index contributed by atoms with van der Waals surface area (Å²) in [5.74, 6) is 2.67. The van der Waals surface area contributed by atoms with E-state index >= 15 is 0 Å². The fourth-order valence-corrected chi connectivity index (χ4v) is 4.17. The Hall–Kier alpha value is -1.27. The van der Waals surface area contributed by atoms with Gasteiger partial charge in [-0.3, -0.25) is 4.79 Å². The molecule has 112 valence electrons. The smallest absolute Gasteiger partial charge is 0.266 e. The minimum Gasteiger partial charge on any atom is -0.306 e. The molecule has 0 fully saturated rings. The van der Waals surface area contributed by atoms with Crippen molar-refractivity contribution in [2.45, 2.75) is 44.7 Å². The summed E-state index contributed by atoms with van der Waals surface area (Å²) in [5.41, 5.74) is 3.25. The molecular weight excluding hydrogens is 302 g/mol. The second-order valence-corrected chi connectivity index (χ2v) is 8.19. The van der Waals surface area contributed by atoms with Gasteiger partial charge in [-0.1, -0.05) is 0 Å². The molecule has 21 heavy (non-hydrogen) atoms. The van der Waals surface area contributed by atoms with E-state index in [4.69, 9.17) is 5.10 Å². The number of amides is 1. The van der Waals surface area contributed by atoms with Crippen molar-refractivity contribution in [1.82, 2.24) is 9.78 Å². The predicted molar refractivity (Wildman–Crippen MR) is 89.2 cm³/mol. The Morgan fingerprint density at radius 1 is 1.38 bits per heavy atom. The SMILES string of the molecule is Cc1csc(C(=O)Nc2c3c(nn2C(C)(C)C)CSC3)c1. The van der Waals surface area contributed by atoms with E-state index < -0.39 is 0 Å². The van der Waals surface area contributed by atoms with Crippen LogP contribution in [0.5, 0.6) is 0 Å². The maximum absolute atomic E-state index is 12.5. The number of nitrogens with one attached hydrogen (secondary N) is 1. The van der Waals surface area contributed by atoms with Crippen molar-refractivity contribution in [3.05, 3.63) is 33.1 Å². The molecule has 3 rings (SSSR count). The zero-order valence-corrected chi connectivity index (χ0v) is 14.3. The average molecular weight is 321 g/mol. The number of aryl methyl sites for hydroxylation is 1. The number of carbonyl (C=O) groups is 1. The van der Waals surface area contributed by atoms with E-state index in [1.165, 1.54) is 16.9 Å². The highest BCUT2D eigenvalue weighted by Crippen LogP contribution is 2.37. The second-order valence-electron chi connectivity index (χ2n) is 6.29. The van der Waals surface area contributed by atoms with Gasteiger partial charge in [0.2, 0.25) is 0 Å². The highest BCUT2D eigenvalue weighted by atomic mass is 32.2. The summed E-state index contributed by atoms with van der Waals surface area (Å²) in [6.07, 6.45) is 0. The van der Waals surface area contributed by atoms with Gasteiger partial charge in [0, 0.05) is 17.1 Å². The number of anilines is 1. The summed E-state index contributed by atoms with van der Waals surface area (Å²) in [6.45, 7) is 8.31. The number of hydrogen-bond donors (Lipinski definition) is 1. The number of rotatable bonds is 2. The molecule has 1 aliphatic heterocycles. The van der Waals surface area contributed by atoms with Crippen LogP contribution in [-0.4, -0.2) is 15.7 Å². The first-order chi connectivity index (χ1) is 9.86. The number of hydrogen-bond acceptors (Lipinski definition) is 4. The number of fused-ring (bicyclic) bond motifs is 1. The van der Waals surface area contributed by atoms with E-state index in [9.17, 15) is 4.79 Å². The molecule has 1 amide bonds. The number of aromatic nitrogens is 2. The summed E-state index contributed by atoms with van der Waals surface area (Å²) in [5, 5.41) is 9.78. The number of thiophene rings is 1. The Morgan fingerprint density at radius 3 is 2.76 bits per heavy atom. The Balaban J connectivity index is 1.96. The molecule has 0 saturated carbocycles. The van der Waals surface area contributed by atoms with Crippen molar-refractivity contribution >= 4 is 34.8 Å². The lowest BCUT2D eigenvalue weighted by Gasteiger charge is -2.23. The normalized spacial score (nSPS) is 14.3. The average Bonchev–Trinajstić information content (AvgIpc) is 3.04. The number of nitrogens with zero attached hydrogens (tertiary/aromatic N) is 2. The molecule has 2 aromatic rings. The largest absolute Gasteiger partial charge is 0.306 e. The van der Waals surface area contributed by atoms with Gasteiger partial charge in [-0.25, -0.2) is 4.68 Å². The van der Waals surface area contributed by atoms with E-state index in [1.54, 1.807) is 0 Å². The van der Waals surface area contributed by atoms with Gasteiger partial charge in [0.05, 0.1) is 16.1 Å². The molecule has 3 heterocycles. The van der Waals surface area contributed by atoms with Crippen LogP contribution in [0.15, 0.2) is 11.4 Å². The predicted octanol–water partition coefficient (Wildman–Crippen LogP) is 4.01. The Kier molecular flexibility index (Phi) is 3.61. The van der Waals surface area contributed by atoms with Gasteiger partial charge >= 0.3 is 0 Å². The molecule has 0 spiro atoms. The molecule has 2 aromatic heterocycles. The lowest BCUT2D eigenvalue weighted by Crippen LogP contribution is -2.27. The first-order valence-electron chi connectivity index (χ1n) is 6.92. The summed E-state index contributed by atoms with van der Waals surface area (Å²) in [7, 11) is 0.